The Hall–Kier alpha value is -1.72. The van der Waals surface area contributed by atoms with Crippen LogP contribution in [0.4, 0.5) is 0 Å². The zero-order valence-corrected chi connectivity index (χ0v) is 13.6. The third kappa shape index (κ3) is 3.36. The van der Waals surface area contributed by atoms with Crippen LogP contribution in [-0.4, -0.2) is 28.1 Å². The summed E-state index contributed by atoms with van der Waals surface area (Å²) in [4.78, 5) is 0. The van der Waals surface area contributed by atoms with E-state index in [1.807, 2.05) is 11.6 Å². The molecule has 5 nitrogen and oxygen atoms in total. The summed E-state index contributed by atoms with van der Waals surface area (Å²) >= 11 is 0. The smallest absolute Gasteiger partial charge is 0.0904 e. The van der Waals surface area contributed by atoms with Gasteiger partial charge in [0.15, 0.2) is 0 Å². The van der Waals surface area contributed by atoms with E-state index in [1.165, 1.54) is 16.7 Å². The largest absolute Gasteiger partial charge is 0.375 e. The number of hydrogen-bond acceptors (Lipinski definition) is 4. The van der Waals surface area contributed by atoms with E-state index in [0.29, 0.717) is 12.5 Å². The van der Waals surface area contributed by atoms with Crippen LogP contribution in [0.2, 0.25) is 0 Å². The highest BCUT2D eigenvalue weighted by atomic mass is 16.5. The fourth-order valence-electron chi connectivity index (χ4n) is 2.82. The Labute approximate surface area is 131 Å². The van der Waals surface area contributed by atoms with Gasteiger partial charge in [0, 0.05) is 25.6 Å². The summed E-state index contributed by atoms with van der Waals surface area (Å²) in [6.07, 6.45) is 0. The third-order valence-electron chi connectivity index (χ3n) is 4.39. The molecule has 0 saturated heterocycles. The lowest BCUT2D eigenvalue weighted by molar-refractivity contribution is 0.0936. The molecule has 1 aromatic carbocycles. The van der Waals surface area contributed by atoms with Gasteiger partial charge in [0.2, 0.25) is 0 Å². The number of aryl methyl sites for hydroxylation is 3. The number of benzene rings is 1. The van der Waals surface area contributed by atoms with Crippen molar-refractivity contribution in [3.05, 3.63) is 46.3 Å². The molecule has 1 aliphatic heterocycles. The van der Waals surface area contributed by atoms with E-state index in [0.717, 1.165) is 37.6 Å². The van der Waals surface area contributed by atoms with Crippen LogP contribution in [0, 0.1) is 26.7 Å². The van der Waals surface area contributed by atoms with Gasteiger partial charge in [0.1, 0.15) is 0 Å². The maximum absolute atomic E-state index is 5.77. The Morgan fingerprint density at radius 2 is 2.14 bits per heavy atom. The van der Waals surface area contributed by atoms with Crippen molar-refractivity contribution in [2.24, 2.45) is 5.92 Å². The Balaban J connectivity index is 1.54. The number of aromatic nitrogens is 3. The van der Waals surface area contributed by atoms with Crippen molar-refractivity contribution >= 4 is 0 Å². The first-order valence-corrected chi connectivity index (χ1v) is 7.87. The van der Waals surface area contributed by atoms with E-state index >= 15 is 0 Å². The highest BCUT2D eigenvalue weighted by molar-refractivity contribution is 5.29. The first-order valence-electron chi connectivity index (χ1n) is 7.87. The highest BCUT2D eigenvalue weighted by Crippen LogP contribution is 2.15. The van der Waals surface area contributed by atoms with Crippen LogP contribution < -0.4 is 5.32 Å². The topological polar surface area (TPSA) is 52.0 Å². The predicted molar refractivity (Wildman–Crippen MR) is 85.5 cm³/mol. The molecular weight excluding hydrogens is 276 g/mol. The van der Waals surface area contributed by atoms with Crippen LogP contribution in [0.3, 0.4) is 0 Å². The fourth-order valence-corrected chi connectivity index (χ4v) is 2.82. The summed E-state index contributed by atoms with van der Waals surface area (Å²) in [7, 11) is 0. The van der Waals surface area contributed by atoms with Crippen molar-refractivity contribution in [2.75, 3.05) is 13.2 Å². The Morgan fingerprint density at radius 1 is 1.27 bits per heavy atom. The van der Waals surface area contributed by atoms with Gasteiger partial charge in [0.05, 0.1) is 24.6 Å². The van der Waals surface area contributed by atoms with Gasteiger partial charge in [-0.1, -0.05) is 23.4 Å². The molecule has 2 heterocycles. The van der Waals surface area contributed by atoms with Crippen molar-refractivity contribution in [3.8, 4) is 0 Å². The lowest BCUT2D eigenvalue weighted by Crippen LogP contribution is -2.28. The minimum absolute atomic E-state index is 0.425. The van der Waals surface area contributed by atoms with Crippen LogP contribution in [-0.2, 0) is 24.4 Å². The van der Waals surface area contributed by atoms with Crippen LogP contribution in [0.15, 0.2) is 18.2 Å². The van der Waals surface area contributed by atoms with Gasteiger partial charge in [-0.05, 0) is 37.5 Å². The first-order chi connectivity index (χ1) is 10.6. The van der Waals surface area contributed by atoms with E-state index in [2.05, 4.69) is 47.7 Å². The summed E-state index contributed by atoms with van der Waals surface area (Å²) < 4.78 is 7.76. The normalized spacial score (nSPS) is 18.0. The van der Waals surface area contributed by atoms with Crippen LogP contribution >= 0.6 is 0 Å². The van der Waals surface area contributed by atoms with Gasteiger partial charge in [-0.25, -0.2) is 4.68 Å². The fraction of sp³-hybridized carbons (Fsp3) is 0.529. The number of nitrogens with zero attached hydrogens (tertiary/aromatic N) is 3. The van der Waals surface area contributed by atoms with Crippen LogP contribution in [0.1, 0.15) is 28.1 Å². The zero-order valence-electron chi connectivity index (χ0n) is 13.6. The molecule has 1 atom stereocenters. The third-order valence-corrected chi connectivity index (χ3v) is 4.39. The molecule has 0 radical (unpaired) electrons. The molecule has 1 aromatic heterocycles. The molecule has 0 saturated carbocycles. The van der Waals surface area contributed by atoms with Crippen molar-refractivity contribution < 1.29 is 4.74 Å². The van der Waals surface area contributed by atoms with Crippen LogP contribution in [0.25, 0.3) is 0 Å². The van der Waals surface area contributed by atoms with E-state index < -0.39 is 0 Å². The molecule has 0 aliphatic carbocycles. The number of nitrogens with one attached hydrogen (secondary N) is 1. The number of fused-ring (bicyclic) bond motifs is 1. The molecule has 0 spiro atoms. The zero-order chi connectivity index (χ0) is 15.5. The summed E-state index contributed by atoms with van der Waals surface area (Å²) in [6, 6.07) is 6.63. The molecule has 2 aromatic rings. The number of rotatable bonds is 4. The summed E-state index contributed by atoms with van der Waals surface area (Å²) in [5.41, 5.74) is 6.10. The second kappa shape index (κ2) is 6.58. The van der Waals surface area contributed by atoms with E-state index in [9.17, 15) is 0 Å². The molecule has 5 heteroatoms. The number of hydrogen-bond donors (Lipinski definition) is 1. The minimum atomic E-state index is 0.425. The Morgan fingerprint density at radius 3 is 2.95 bits per heavy atom. The quantitative estimate of drug-likeness (QED) is 0.940. The molecule has 0 fully saturated rings. The van der Waals surface area contributed by atoms with Crippen molar-refractivity contribution in [3.63, 3.8) is 0 Å². The lowest BCUT2D eigenvalue weighted by Gasteiger charge is -2.15. The minimum Gasteiger partial charge on any atom is -0.375 e. The molecule has 22 heavy (non-hydrogen) atoms. The molecule has 3 rings (SSSR count). The molecule has 118 valence electrons. The standard InChI is InChI=1S/C17H24N4O/c1-12-4-5-15(6-13(12)2)7-18-8-16-9-21-17(11-22-10-16)14(3)19-20-21/h4-6,16,18H,7-11H2,1-3H3/t16-/m1/s1. The van der Waals surface area contributed by atoms with Crippen molar-refractivity contribution in [1.29, 1.82) is 0 Å². The van der Waals surface area contributed by atoms with Gasteiger partial charge in [-0.2, -0.15) is 0 Å². The van der Waals surface area contributed by atoms with Crippen molar-refractivity contribution in [2.45, 2.75) is 40.5 Å². The Kier molecular flexibility index (Phi) is 4.55. The first kappa shape index (κ1) is 15.2. The maximum atomic E-state index is 5.77. The predicted octanol–water partition coefficient (Wildman–Crippen LogP) is 2.14. The van der Waals surface area contributed by atoms with E-state index in [1.54, 1.807) is 0 Å². The van der Waals surface area contributed by atoms with Crippen LogP contribution in [0.5, 0.6) is 0 Å². The summed E-state index contributed by atoms with van der Waals surface area (Å²) in [5, 5.41) is 11.9. The van der Waals surface area contributed by atoms with E-state index in [4.69, 9.17) is 4.74 Å². The molecule has 0 amide bonds. The van der Waals surface area contributed by atoms with Gasteiger partial charge in [0.25, 0.3) is 0 Å². The second-order valence-corrected chi connectivity index (χ2v) is 6.23. The lowest BCUT2D eigenvalue weighted by atomic mass is 10.1. The molecular formula is C17H24N4O. The molecule has 1 N–H and O–H groups in total. The summed E-state index contributed by atoms with van der Waals surface area (Å²) in [5.74, 6) is 0.425. The average Bonchev–Trinajstić information content (AvgIpc) is 2.72. The van der Waals surface area contributed by atoms with Gasteiger partial charge in [-0.3, -0.25) is 0 Å². The van der Waals surface area contributed by atoms with E-state index in [-0.39, 0.29) is 0 Å². The molecule has 0 unspecified atom stereocenters. The van der Waals surface area contributed by atoms with Crippen molar-refractivity contribution in [1.82, 2.24) is 20.3 Å². The van der Waals surface area contributed by atoms with Gasteiger partial charge >= 0.3 is 0 Å². The monoisotopic (exact) mass is 300 g/mol. The van der Waals surface area contributed by atoms with Gasteiger partial charge in [-0.15, -0.1) is 5.10 Å². The average molecular weight is 300 g/mol. The number of ether oxygens (including phenoxy) is 1. The Bertz CT molecular complexity index is 650. The highest BCUT2D eigenvalue weighted by Gasteiger charge is 2.19. The molecule has 1 aliphatic rings. The maximum Gasteiger partial charge on any atom is 0.0904 e. The summed E-state index contributed by atoms with van der Waals surface area (Å²) in [6.45, 7) is 10.4. The SMILES string of the molecule is Cc1ccc(CNC[C@H]2COCc3c(C)nnn3C2)cc1C. The molecule has 0 bridgehead atoms. The second-order valence-electron chi connectivity index (χ2n) is 6.23. The van der Waals surface area contributed by atoms with Gasteiger partial charge < -0.3 is 10.1 Å².